The molecule has 2 heterocycles. The summed E-state index contributed by atoms with van der Waals surface area (Å²) in [5.41, 5.74) is 9.87. The van der Waals surface area contributed by atoms with E-state index in [2.05, 4.69) is 43.3 Å². The minimum absolute atomic E-state index is 0.366. The van der Waals surface area contributed by atoms with Crippen molar-refractivity contribution >= 4 is 17.2 Å². The van der Waals surface area contributed by atoms with E-state index in [1.165, 1.54) is 10.4 Å². The van der Waals surface area contributed by atoms with Crippen LogP contribution in [0.15, 0.2) is 40.9 Å². The van der Waals surface area contributed by atoms with Gasteiger partial charge in [-0.15, -0.1) is 11.3 Å². The van der Waals surface area contributed by atoms with Gasteiger partial charge >= 0.3 is 0 Å². The number of hydrogen-bond donors (Lipinski definition) is 1. The van der Waals surface area contributed by atoms with E-state index < -0.39 is 0 Å². The highest BCUT2D eigenvalue weighted by Crippen LogP contribution is 2.38. The Kier molecular flexibility index (Phi) is 2.87. The van der Waals surface area contributed by atoms with Crippen molar-refractivity contribution in [1.82, 2.24) is 5.16 Å². The quantitative estimate of drug-likeness (QED) is 0.756. The van der Waals surface area contributed by atoms with Gasteiger partial charge in [0.25, 0.3) is 0 Å². The molecule has 0 aliphatic carbocycles. The molecular weight excluding hydrogens is 256 g/mol. The molecular formula is C15H14N2OS. The van der Waals surface area contributed by atoms with Gasteiger partial charge in [0.2, 0.25) is 5.88 Å². The number of aryl methyl sites for hydroxylation is 2. The number of nitrogens with two attached hydrogens (primary N) is 1. The minimum atomic E-state index is 0.366. The summed E-state index contributed by atoms with van der Waals surface area (Å²) in [6.07, 6.45) is 0. The molecule has 19 heavy (non-hydrogen) atoms. The fraction of sp³-hybridized carbons (Fsp3) is 0.133. The fourth-order valence-corrected chi connectivity index (χ4v) is 2.89. The van der Waals surface area contributed by atoms with Crippen LogP contribution in [0, 0.1) is 13.8 Å². The highest BCUT2D eigenvalue weighted by molar-refractivity contribution is 7.15. The molecule has 0 bridgehead atoms. The van der Waals surface area contributed by atoms with Crippen molar-refractivity contribution < 1.29 is 4.52 Å². The maximum absolute atomic E-state index is 5.93. The molecule has 0 spiro atoms. The molecule has 96 valence electrons. The predicted molar refractivity (Wildman–Crippen MR) is 79.1 cm³/mol. The first-order chi connectivity index (χ1) is 9.15. The van der Waals surface area contributed by atoms with Gasteiger partial charge < -0.3 is 10.3 Å². The van der Waals surface area contributed by atoms with E-state index in [4.69, 9.17) is 10.3 Å². The summed E-state index contributed by atoms with van der Waals surface area (Å²) in [7, 11) is 0. The molecule has 0 fully saturated rings. The number of anilines is 1. The highest BCUT2D eigenvalue weighted by Gasteiger charge is 2.18. The first-order valence-corrected chi connectivity index (χ1v) is 6.86. The molecule has 0 unspecified atom stereocenters. The van der Waals surface area contributed by atoms with Crippen LogP contribution in [-0.4, -0.2) is 5.16 Å². The monoisotopic (exact) mass is 270 g/mol. The van der Waals surface area contributed by atoms with E-state index in [1.54, 1.807) is 11.3 Å². The average Bonchev–Trinajstić information content (AvgIpc) is 2.97. The van der Waals surface area contributed by atoms with E-state index in [-0.39, 0.29) is 0 Å². The number of benzene rings is 1. The van der Waals surface area contributed by atoms with Gasteiger partial charge in [-0.3, -0.25) is 0 Å². The SMILES string of the molecule is Cc1ccc(-c2c(-c3ccc(C)s3)noc2N)cc1. The molecule has 0 saturated carbocycles. The number of nitrogen functional groups attached to an aromatic ring is 1. The largest absolute Gasteiger partial charge is 0.367 e. The van der Waals surface area contributed by atoms with Crippen molar-refractivity contribution in [2.24, 2.45) is 0 Å². The maximum Gasteiger partial charge on any atom is 0.230 e. The van der Waals surface area contributed by atoms with E-state index in [9.17, 15) is 0 Å². The normalized spacial score (nSPS) is 10.8. The van der Waals surface area contributed by atoms with Crippen molar-refractivity contribution in [3.8, 4) is 21.7 Å². The minimum Gasteiger partial charge on any atom is -0.367 e. The zero-order chi connectivity index (χ0) is 13.4. The lowest BCUT2D eigenvalue weighted by Crippen LogP contribution is -1.87. The van der Waals surface area contributed by atoms with Crippen LogP contribution in [0.2, 0.25) is 0 Å². The molecule has 0 atom stereocenters. The summed E-state index contributed by atoms with van der Waals surface area (Å²) in [5, 5.41) is 4.11. The standard InChI is InChI=1S/C15H14N2OS/c1-9-3-6-11(7-4-9)13-14(17-18-15(13)16)12-8-5-10(2)19-12/h3-8H,16H2,1-2H3. The Balaban J connectivity index is 2.16. The smallest absolute Gasteiger partial charge is 0.230 e. The molecule has 0 aliphatic heterocycles. The highest BCUT2D eigenvalue weighted by atomic mass is 32.1. The fourth-order valence-electron chi connectivity index (χ4n) is 2.03. The molecule has 2 N–H and O–H groups in total. The molecule has 0 saturated heterocycles. The lowest BCUT2D eigenvalue weighted by Gasteiger charge is -2.01. The van der Waals surface area contributed by atoms with Crippen LogP contribution in [0.4, 0.5) is 5.88 Å². The van der Waals surface area contributed by atoms with E-state index >= 15 is 0 Å². The van der Waals surface area contributed by atoms with Crippen LogP contribution in [0.25, 0.3) is 21.7 Å². The molecule has 0 radical (unpaired) electrons. The molecule has 3 aromatic rings. The molecule has 0 amide bonds. The Hall–Kier alpha value is -2.07. The Bertz CT molecular complexity index is 710. The molecule has 1 aromatic carbocycles. The number of aromatic nitrogens is 1. The Labute approximate surface area is 115 Å². The van der Waals surface area contributed by atoms with Gasteiger partial charge in [-0.1, -0.05) is 35.0 Å². The zero-order valence-corrected chi connectivity index (χ0v) is 11.6. The van der Waals surface area contributed by atoms with Crippen molar-refractivity contribution in [3.63, 3.8) is 0 Å². The van der Waals surface area contributed by atoms with Crippen LogP contribution < -0.4 is 5.73 Å². The molecule has 3 rings (SSSR count). The third-order valence-electron chi connectivity index (χ3n) is 3.03. The Morgan fingerprint density at radius 3 is 2.42 bits per heavy atom. The Morgan fingerprint density at radius 2 is 1.79 bits per heavy atom. The van der Waals surface area contributed by atoms with Crippen LogP contribution in [0.5, 0.6) is 0 Å². The summed E-state index contributed by atoms with van der Waals surface area (Å²) in [5.74, 6) is 0.366. The lowest BCUT2D eigenvalue weighted by atomic mass is 10.0. The summed E-state index contributed by atoms with van der Waals surface area (Å²) >= 11 is 1.69. The van der Waals surface area contributed by atoms with Gasteiger partial charge in [0.1, 0.15) is 5.69 Å². The molecule has 4 heteroatoms. The van der Waals surface area contributed by atoms with Gasteiger partial charge in [-0.05, 0) is 31.5 Å². The number of nitrogens with zero attached hydrogens (tertiary/aromatic N) is 1. The number of rotatable bonds is 2. The van der Waals surface area contributed by atoms with E-state index in [1.807, 2.05) is 12.1 Å². The molecule has 0 aliphatic rings. The summed E-state index contributed by atoms with van der Waals surface area (Å²) in [4.78, 5) is 2.32. The molecule has 3 nitrogen and oxygen atoms in total. The van der Waals surface area contributed by atoms with E-state index in [0.717, 1.165) is 21.7 Å². The van der Waals surface area contributed by atoms with E-state index in [0.29, 0.717) is 5.88 Å². The topological polar surface area (TPSA) is 52.0 Å². The van der Waals surface area contributed by atoms with Gasteiger partial charge in [0.05, 0.1) is 10.4 Å². The van der Waals surface area contributed by atoms with Crippen molar-refractivity contribution in [2.75, 3.05) is 5.73 Å². The van der Waals surface area contributed by atoms with Gasteiger partial charge in [0, 0.05) is 4.88 Å². The summed E-state index contributed by atoms with van der Waals surface area (Å²) in [6.45, 7) is 4.13. The van der Waals surface area contributed by atoms with Crippen molar-refractivity contribution in [3.05, 3.63) is 46.8 Å². The number of thiophene rings is 1. The second-order valence-electron chi connectivity index (χ2n) is 4.55. The van der Waals surface area contributed by atoms with Crippen LogP contribution in [0.3, 0.4) is 0 Å². The van der Waals surface area contributed by atoms with Gasteiger partial charge in [-0.2, -0.15) is 0 Å². The first kappa shape index (κ1) is 12.0. The summed E-state index contributed by atoms with van der Waals surface area (Å²) in [6, 6.07) is 12.3. The van der Waals surface area contributed by atoms with Crippen LogP contribution in [0.1, 0.15) is 10.4 Å². The van der Waals surface area contributed by atoms with Crippen molar-refractivity contribution in [1.29, 1.82) is 0 Å². The van der Waals surface area contributed by atoms with Crippen LogP contribution in [-0.2, 0) is 0 Å². The first-order valence-electron chi connectivity index (χ1n) is 6.04. The number of hydrogen-bond acceptors (Lipinski definition) is 4. The summed E-state index contributed by atoms with van der Waals surface area (Å²) < 4.78 is 5.18. The third-order valence-corrected chi connectivity index (χ3v) is 4.04. The van der Waals surface area contributed by atoms with Crippen molar-refractivity contribution in [2.45, 2.75) is 13.8 Å². The second kappa shape index (κ2) is 4.55. The zero-order valence-electron chi connectivity index (χ0n) is 10.8. The maximum atomic E-state index is 5.93. The van der Waals surface area contributed by atoms with Gasteiger partial charge in [-0.25, -0.2) is 0 Å². The lowest BCUT2D eigenvalue weighted by molar-refractivity contribution is 0.439. The molecule has 2 aromatic heterocycles. The Morgan fingerprint density at radius 1 is 1.05 bits per heavy atom. The third kappa shape index (κ3) is 2.15. The van der Waals surface area contributed by atoms with Crippen LogP contribution >= 0.6 is 11.3 Å². The predicted octanol–water partition coefficient (Wildman–Crippen LogP) is 4.27. The van der Waals surface area contributed by atoms with Gasteiger partial charge in [0.15, 0.2) is 0 Å². The average molecular weight is 270 g/mol. The second-order valence-corrected chi connectivity index (χ2v) is 5.83.